The fourth-order valence-corrected chi connectivity index (χ4v) is 3.16. The van der Waals surface area contributed by atoms with E-state index in [1.807, 2.05) is 0 Å². The number of hydrogen-bond acceptors (Lipinski definition) is 2. The summed E-state index contributed by atoms with van der Waals surface area (Å²) in [6.07, 6.45) is 0. The van der Waals surface area contributed by atoms with Crippen LogP contribution >= 0.6 is 23.2 Å². The summed E-state index contributed by atoms with van der Waals surface area (Å²) in [6, 6.07) is 1.65. The maximum Gasteiger partial charge on any atom is 0.242 e. The van der Waals surface area contributed by atoms with Crippen molar-refractivity contribution in [1.82, 2.24) is 4.72 Å². The normalized spacial score (nSPS) is 11.8. The molecule has 1 aromatic rings. The summed E-state index contributed by atoms with van der Waals surface area (Å²) in [5, 5.41) is 0.608. The molecule has 3 nitrogen and oxygen atoms in total. The molecule has 0 saturated heterocycles. The highest BCUT2D eigenvalue weighted by atomic mass is 35.5. The molecule has 0 aliphatic carbocycles. The Hall–Kier alpha value is -0.290. The highest BCUT2D eigenvalue weighted by Crippen LogP contribution is 2.32. The van der Waals surface area contributed by atoms with Gasteiger partial charge in [0.15, 0.2) is 0 Å². The van der Waals surface area contributed by atoms with Crippen molar-refractivity contribution < 1.29 is 8.42 Å². The minimum atomic E-state index is -3.57. The zero-order chi connectivity index (χ0) is 11.8. The van der Waals surface area contributed by atoms with Gasteiger partial charge in [-0.3, -0.25) is 0 Å². The van der Waals surface area contributed by atoms with Gasteiger partial charge in [-0.25, -0.2) is 13.1 Å². The molecular weight excluding hydrogens is 257 g/mol. The summed E-state index contributed by atoms with van der Waals surface area (Å²) in [7, 11) is -2.24. The highest BCUT2D eigenvalue weighted by molar-refractivity contribution is 7.89. The van der Waals surface area contributed by atoms with Crippen LogP contribution in [0.1, 0.15) is 11.1 Å². The average Bonchev–Trinajstić information content (AvgIpc) is 2.15. The van der Waals surface area contributed by atoms with E-state index in [1.54, 1.807) is 19.9 Å². The molecule has 15 heavy (non-hydrogen) atoms. The molecule has 6 heteroatoms. The van der Waals surface area contributed by atoms with Crippen LogP contribution in [0, 0.1) is 13.8 Å². The van der Waals surface area contributed by atoms with Crippen LogP contribution in [0.4, 0.5) is 0 Å². The third-order valence-corrected chi connectivity index (χ3v) is 4.70. The largest absolute Gasteiger partial charge is 0.242 e. The van der Waals surface area contributed by atoms with Crippen molar-refractivity contribution in [1.29, 1.82) is 0 Å². The van der Waals surface area contributed by atoms with E-state index < -0.39 is 10.0 Å². The molecule has 0 unspecified atom stereocenters. The fraction of sp³-hybridized carbons (Fsp3) is 0.333. The predicted octanol–water partition coefficient (Wildman–Crippen LogP) is 2.52. The number of nitrogens with one attached hydrogen (secondary N) is 1. The minimum Gasteiger partial charge on any atom is -0.214 e. The summed E-state index contributed by atoms with van der Waals surface area (Å²) >= 11 is 11.9. The molecule has 0 radical (unpaired) electrons. The van der Waals surface area contributed by atoms with Crippen LogP contribution < -0.4 is 4.72 Å². The maximum atomic E-state index is 11.7. The van der Waals surface area contributed by atoms with E-state index in [1.165, 1.54) is 7.05 Å². The van der Waals surface area contributed by atoms with Crippen molar-refractivity contribution in [3.8, 4) is 0 Å². The van der Waals surface area contributed by atoms with Crippen molar-refractivity contribution in [2.45, 2.75) is 18.7 Å². The number of aryl methyl sites for hydroxylation is 1. The molecule has 0 atom stereocenters. The van der Waals surface area contributed by atoms with Crippen LogP contribution in [0.2, 0.25) is 10.0 Å². The van der Waals surface area contributed by atoms with Crippen molar-refractivity contribution >= 4 is 33.2 Å². The SMILES string of the molecule is CNS(=O)(=O)c1c(C)c(Cl)cc(C)c1Cl. The number of benzene rings is 1. The topological polar surface area (TPSA) is 46.2 Å². The molecule has 0 saturated carbocycles. The minimum absolute atomic E-state index is 0.0525. The highest BCUT2D eigenvalue weighted by Gasteiger charge is 2.22. The number of hydrogen-bond donors (Lipinski definition) is 1. The van der Waals surface area contributed by atoms with Gasteiger partial charge in [-0.1, -0.05) is 23.2 Å². The van der Waals surface area contributed by atoms with E-state index in [4.69, 9.17) is 23.2 Å². The third-order valence-electron chi connectivity index (χ3n) is 2.13. The molecule has 0 fully saturated rings. The van der Waals surface area contributed by atoms with Gasteiger partial charge >= 0.3 is 0 Å². The van der Waals surface area contributed by atoms with E-state index >= 15 is 0 Å². The van der Waals surface area contributed by atoms with E-state index in [-0.39, 0.29) is 9.92 Å². The van der Waals surface area contributed by atoms with Crippen molar-refractivity contribution in [3.63, 3.8) is 0 Å². The van der Waals surface area contributed by atoms with Crippen LogP contribution in [0.3, 0.4) is 0 Å². The van der Waals surface area contributed by atoms with Crippen molar-refractivity contribution in [3.05, 3.63) is 27.2 Å². The van der Waals surface area contributed by atoms with Crippen molar-refractivity contribution in [2.24, 2.45) is 0 Å². The molecule has 1 aromatic carbocycles. The predicted molar refractivity (Wildman–Crippen MR) is 62.2 cm³/mol. The molecule has 0 heterocycles. The van der Waals surface area contributed by atoms with E-state index in [0.717, 1.165) is 0 Å². The lowest BCUT2D eigenvalue weighted by molar-refractivity contribution is 0.587. The van der Waals surface area contributed by atoms with Crippen molar-refractivity contribution in [2.75, 3.05) is 7.05 Å². The van der Waals surface area contributed by atoms with Crippen LogP contribution in [0.15, 0.2) is 11.0 Å². The van der Waals surface area contributed by atoms with Gasteiger partial charge in [0.25, 0.3) is 0 Å². The molecule has 0 aromatic heterocycles. The van der Waals surface area contributed by atoms with Gasteiger partial charge in [0.05, 0.1) is 5.02 Å². The monoisotopic (exact) mass is 267 g/mol. The Morgan fingerprint density at radius 2 is 1.80 bits per heavy atom. The van der Waals surface area contributed by atoms with Gasteiger partial charge in [0.2, 0.25) is 10.0 Å². The van der Waals surface area contributed by atoms with Gasteiger partial charge in [0.1, 0.15) is 4.90 Å². The molecule has 0 bridgehead atoms. The summed E-state index contributed by atoms with van der Waals surface area (Å²) in [6.45, 7) is 3.33. The van der Waals surface area contributed by atoms with Crippen LogP contribution in [0.5, 0.6) is 0 Å². The molecule has 0 aliphatic heterocycles. The third kappa shape index (κ3) is 2.28. The molecule has 1 rings (SSSR count). The zero-order valence-corrected chi connectivity index (χ0v) is 10.9. The average molecular weight is 268 g/mol. The lowest BCUT2D eigenvalue weighted by Gasteiger charge is -2.12. The van der Waals surface area contributed by atoms with Crippen LogP contribution in [-0.4, -0.2) is 15.5 Å². The van der Waals surface area contributed by atoms with Gasteiger partial charge in [-0.2, -0.15) is 0 Å². The lowest BCUT2D eigenvalue weighted by Crippen LogP contribution is -2.20. The summed E-state index contributed by atoms with van der Waals surface area (Å²) < 4.78 is 25.6. The summed E-state index contributed by atoms with van der Waals surface area (Å²) in [5.41, 5.74) is 1.10. The second kappa shape index (κ2) is 4.29. The summed E-state index contributed by atoms with van der Waals surface area (Å²) in [5.74, 6) is 0. The van der Waals surface area contributed by atoms with E-state index in [0.29, 0.717) is 16.1 Å². The van der Waals surface area contributed by atoms with Gasteiger partial charge < -0.3 is 0 Å². The van der Waals surface area contributed by atoms with E-state index in [2.05, 4.69) is 4.72 Å². The number of halogens is 2. The Morgan fingerprint density at radius 3 is 2.27 bits per heavy atom. The summed E-state index contributed by atoms with van der Waals surface area (Å²) in [4.78, 5) is 0.0525. The van der Waals surface area contributed by atoms with Gasteiger partial charge in [0, 0.05) is 5.02 Å². The Bertz CT molecular complexity index is 471. The molecule has 0 aliphatic rings. The Morgan fingerprint density at radius 1 is 1.27 bits per heavy atom. The van der Waals surface area contributed by atoms with Gasteiger partial charge in [-0.15, -0.1) is 0 Å². The molecule has 1 N–H and O–H groups in total. The standard InChI is InChI=1S/C9H11Cl2NO2S/c1-5-4-7(10)6(2)9(8(5)11)15(13,14)12-3/h4,12H,1-3H3. The fourth-order valence-electron chi connectivity index (χ4n) is 1.24. The second-order valence-corrected chi connectivity index (χ2v) is 5.76. The molecule has 0 spiro atoms. The van der Waals surface area contributed by atoms with Crippen LogP contribution in [0.25, 0.3) is 0 Å². The number of rotatable bonds is 2. The first kappa shape index (κ1) is 12.8. The Labute approximate surface area is 99.4 Å². The Kier molecular flexibility index (Phi) is 3.66. The maximum absolute atomic E-state index is 11.7. The smallest absolute Gasteiger partial charge is 0.214 e. The second-order valence-electron chi connectivity index (χ2n) is 3.15. The van der Waals surface area contributed by atoms with Crippen LogP contribution in [-0.2, 0) is 10.0 Å². The quantitative estimate of drug-likeness (QED) is 0.895. The molecule has 84 valence electrons. The first-order valence-corrected chi connectivity index (χ1v) is 6.44. The number of sulfonamides is 1. The lowest BCUT2D eigenvalue weighted by atomic mass is 10.2. The Balaban J connectivity index is 3.68. The first-order valence-electron chi connectivity index (χ1n) is 4.20. The first-order chi connectivity index (χ1) is 6.81. The van der Waals surface area contributed by atoms with E-state index in [9.17, 15) is 8.42 Å². The molecule has 0 amide bonds. The molecular formula is C9H11Cl2NO2S. The van der Waals surface area contributed by atoms with Gasteiger partial charge in [-0.05, 0) is 38.1 Å². The zero-order valence-electron chi connectivity index (χ0n) is 8.56.